The van der Waals surface area contributed by atoms with Gasteiger partial charge in [-0.25, -0.2) is 0 Å². The maximum Gasteiger partial charge on any atom is 0.200 e. The largest absolute Gasteiger partial charge is 0.369 e. The highest BCUT2D eigenvalue weighted by molar-refractivity contribution is 6.48. The van der Waals surface area contributed by atoms with Gasteiger partial charge in [0, 0.05) is 16.5 Å². The second kappa shape index (κ2) is 5.91. The van der Waals surface area contributed by atoms with Crippen LogP contribution in [0.15, 0.2) is 18.2 Å². The van der Waals surface area contributed by atoms with E-state index in [0.29, 0.717) is 5.02 Å². The minimum absolute atomic E-state index is 0.0245. The van der Waals surface area contributed by atoms with Crippen molar-refractivity contribution >= 4 is 20.6 Å². The smallest absolute Gasteiger partial charge is 0.200 e. The van der Waals surface area contributed by atoms with Crippen LogP contribution in [0.1, 0.15) is 51.8 Å². The molecule has 1 aliphatic heterocycles. The molecule has 5 heteroatoms. The molecular formula is C17H28ClNO2Si. The molecule has 2 atom stereocenters. The molecule has 0 amide bonds. The number of aliphatic hydroxyl groups is 1. The molecule has 0 saturated heterocycles. The van der Waals surface area contributed by atoms with Crippen LogP contribution < -0.4 is 0 Å². The lowest BCUT2D eigenvalue weighted by Gasteiger charge is -2.44. The average Bonchev–Trinajstić information content (AvgIpc) is 2.60. The second-order valence-electron chi connectivity index (χ2n) is 7.83. The summed E-state index contributed by atoms with van der Waals surface area (Å²) in [7, 11) is -1.38. The van der Waals surface area contributed by atoms with Crippen molar-refractivity contribution in [2.75, 3.05) is 0 Å². The van der Waals surface area contributed by atoms with Crippen molar-refractivity contribution in [3.8, 4) is 0 Å². The number of rotatable bonds is 3. The molecular weight excluding hydrogens is 314 g/mol. The lowest BCUT2D eigenvalue weighted by molar-refractivity contribution is -0.293. The Kier molecular flexibility index (Phi) is 4.82. The fraction of sp³-hybridized carbons (Fsp3) is 0.647. The molecule has 0 aliphatic carbocycles. The maximum atomic E-state index is 11.6. The van der Waals surface area contributed by atoms with Crippen LogP contribution in [0.5, 0.6) is 0 Å². The molecule has 0 aromatic heterocycles. The number of hydroxylamine groups is 2. The van der Waals surface area contributed by atoms with E-state index in [2.05, 4.69) is 39.9 Å². The molecule has 2 unspecified atom stereocenters. The number of fused-ring (bicyclic) bond motifs is 1. The standard InChI is InChI=1S/C17H28ClNO2Si/c1-11(2)17(20)14-12(9-8-10-13(14)18)15(16(3,4)5)19(17)21-22(6)7/h8-11,15,20,22H,1-7H3. The van der Waals surface area contributed by atoms with Gasteiger partial charge in [-0.05, 0) is 30.1 Å². The molecule has 0 bridgehead atoms. The van der Waals surface area contributed by atoms with Crippen LogP contribution in [0.25, 0.3) is 0 Å². The van der Waals surface area contributed by atoms with Gasteiger partial charge in [0.25, 0.3) is 0 Å². The molecule has 0 spiro atoms. The third kappa shape index (κ3) is 2.76. The van der Waals surface area contributed by atoms with Crippen LogP contribution in [-0.4, -0.2) is 19.2 Å². The Balaban J connectivity index is 2.72. The van der Waals surface area contributed by atoms with Crippen LogP contribution in [-0.2, 0) is 10.3 Å². The van der Waals surface area contributed by atoms with Crippen molar-refractivity contribution < 1.29 is 9.63 Å². The first kappa shape index (κ1) is 18.0. The summed E-state index contributed by atoms with van der Waals surface area (Å²) in [5, 5.41) is 14.0. The van der Waals surface area contributed by atoms with E-state index in [9.17, 15) is 5.11 Å². The van der Waals surface area contributed by atoms with Crippen molar-refractivity contribution in [2.45, 2.75) is 59.5 Å². The lowest BCUT2D eigenvalue weighted by Crippen LogP contribution is -2.50. The third-order valence-electron chi connectivity index (χ3n) is 4.23. The van der Waals surface area contributed by atoms with Gasteiger partial charge in [0.05, 0.1) is 6.04 Å². The van der Waals surface area contributed by atoms with Gasteiger partial charge in [-0.3, -0.25) is 0 Å². The van der Waals surface area contributed by atoms with Crippen molar-refractivity contribution in [3.05, 3.63) is 34.3 Å². The summed E-state index contributed by atoms with van der Waals surface area (Å²) in [4.78, 5) is 0. The highest BCUT2D eigenvalue weighted by Crippen LogP contribution is 2.56. The minimum atomic E-state index is -1.38. The van der Waals surface area contributed by atoms with Crippen LogP contribution in [0, 0.1) is 11.3 Å². The van der Waals surface area contributed by atoms with Crippen molar-refractivity contribution in [3.63, 3.8) is 0 Å². The summed E-state index contributed by atoms with van der Waals surface area (Å²) >= 11 is 6.48. The van der Waals surface area contributed by atoms with E-state index in [1.165, 1.54) is 0 Å². The number of hydrogen-bond donors (Lipinski definition) is 1. The SMILES string of the molecule is CC(C)C1(O)c2c(Cl)cccc2C(C(C)(C)C)N1O[SiH](C)C. The van der Waals surface area contributed by atoms with Gasteiger partial charge in [0.2, 0.25) is 0 Å². The topological polar surface area (TPSA) is 32.7 Å². The predicted octanol–water partition coefficient (Wildman–Crippen LogP) is 4.46. The third-order valence-corrected chi connectivity index (χ3v) is 5.19. The Hall–Kier alpha value is -0.393. The monoisotopic (exact) mass is 341 g/mol. The highest BCUT2D eigenvalue weighted by atomic mass is 35.5. The van der Waals surface area contributed by atoms with E-state index < -0.39 is 14.8 Å². The molecule has 1 aromatic carbocycles. The minimum Gasteiger partial charge on any atom is -0.369 e. The normalized spacial score (nSPS) is 26.0. The fourth-order valence-electron chi connectivity index (χ4n) is 3.32. The first-order chi connectivity index (χ1) is 10.0. The first-order valence-corrected chi connectivity index (χ1v) is 11.1. The molecule has 0 radical (unpaired) electrons. The molecule has 0 fully saturated rings. The summed E-state index contributed by atoms with van der Waals surface area (Å²) in [6, 6.07) is 5.85. The number of nitrogens with zero attached hydrogens (tertiary/aromatic N) is 1. The Morgan fingerprint density at radius 2 is 1.91 bits per heavy atom. The lowest BCUT2D eigenvalue weighted by atomic mass is 9.82. The van der Waals surface area contributed by atoms with Gasteiger partial charge in [0.15, 0.2) is 14.8 Å². The summed E-state index contributed by atoms with van der Waals surface area (Å²) in [5.41, 5.74) is 0.609. The van der Waals surface area contributed by atoms with E-state index in [-0.39, 0.29) is 17.4 Å². The van der Waals surface area contributed by atoms with E-state index in [4.69, 9.17) is 16.1 Å². The van der Waals surface area contributed by atoms with Crippen LogP contribution in [0.2, 0.25) is 18.1 Å². The number of halogens is 1. The van der Waals surface area contributed by atoms with E-state index >= 15 is 0 Å². The molecule has 124 valence electrons. The Morgan fingerprint density at radius 3 is 2.36 bits per heavy atom. The van der Waals surface area contributed by atoms with Gasteiger partial charge in [-0.1, -0.05) is 58.4 Å². The van der Waals surface area contributed by atoms with Crippen LogP contribution in [0.3, 0.4) is 0 Å². The quantitative estimate of drug-likeness (QED) is 0.824. The molecule has 2 rings (SSSR count). The number of hydrogen-bond acceptors (Lipinski definition) is 3. The Morgan fingerprint density at radius 1 is 1.32 bits per heavy atom. The van der Waals surface area contributed by atoms with Crippen LogP contribution in [0.4, 0.5) is 0 Å². The van der Waals surface area contributed by atoms with E-state index in [1.54, 1.807) is 0 Å². The van der Waals surface area contributed by atoms with Crippen molar-refractivity contribution in [1.82, 2.24) is 5.06 Å². The average molecular weight is 342 g/mol. The van der Waals surface area contributed by atoms with E-state index in [1.807, 2.05) is 31.0 Å². The molecule has 1 heterocycles. The summed E-state index contributed by atoms with van der Waals surface area (Å²) in [5.74, 6) is -0.0359. The molecule has 3 nitrogen and oxygen atoms in total. The van der Waals surface area contributed by atoms with Gasteiger partial charge in [-0.2, -0.15) is 5.06 Å². The fourth-order valence-corrected chi connectivity index (χ4v) is 4.38. The second-order valence-corrected chi connectivity index (χ2v) is 10.5. The van der Waals surface area contributed by atoms with Gasteiger partial charge in [-0.15, -0.1) is 0 Å². The van der Waals surface area contributed by atoms with Crippen LogP contribution >= 0.6 is 11.6 Å². The Bertz CT molecular complexity index is 556. The highest BCUT2D eigenvalue weighted by Gasteiger charge is 2.56. The molecule has 1 aliphatic rings. The zero-order valence-electron chi connectivity index (χ0n) is 14.6. The molecule has 1 N–H and O–H groups in total. The molecule has 0 saturated carbocycles. The summed E-state index contributed by atoms with van der Waals surface area (Å²) in [6.07, 6.45) is 0. The summed E-state index contributed by atoms with van der Waals surface area (Å²) < 4.78 is 6.23. The van der Waals surface area contributed by atoms with Gasteiger partial charge < -0.3 is 9.63 Å². The molecule has 22 heavy (non-hydrogen) atoms. The number of benzene rings is 1. The van der Waals surface area contributed by atoms with E-state index in [0.717, 1.165) is 11.1 Å². The van der Waals surface area contributed by atoms with Crippen molar-refractivity contribution in [2.24, 2.45) is 11.3 Å². The zero-order chi connectivity index (χ0) is 16.9. The maximum absolute atomic E-state index is 11.6. The van der Waals surface area contributed by atoms with Gasteiger partial charge in [0.1, 0.15) is 0 Å². The molecule has 1 aromatic rings. The zero-order valence-corrected chi connectivity index (χ0v) is 16.6. The summed E-state index contributed by atoms with van der Waals surface area (Å²) in [6.45, 7) is 14.8. The first-order valence-electron chi connectivity index (χ1n) is 7.98. The Labute approximate surface area is 140 Å². The predicted molar refractivity (Wildman–Crippen MR) is 94.2 cm³/mol. The van der Waals surface area contributed by atoms with Gasteiger partial charge >= 0.3 is 0 Å². The van der Waals surface area contributed by atoms with Crippen molar-refractivity contribution in [1.29, 1.82) is 0 Å².